The lowest BCUT2D eigenvalue weighted by molar-refractivity contribution is -0.116. The summed E-state index contributed by atoms with van der Waals surface area (Å²) in [5.41, 5.74) is 3.39. The van der Waals surface area contributed by atoms with E-state index in [1.54, 1.807) is 12.1 Å². The number of rotatable bonds is 7. The topological polar surface area (TPSA) is 64.1 Å². The maximum atomic E-state index is 12.4. The van der Waals surface area contributed by atoms with Crippen molar-refractivity contribution in [3.05, 3.63) is 38.6 Å². The molecule has 1 aromatic carbocycles. The van der Waals surface area contributed by atoms with Crippen LogP contribution in [0.15, 0.2) is 21.8 Å². The van der Waals surface area contributed by atoms with Crippen LogP contribution in [0.5, 0.6) is 5.75 Å². The molecule has 0 aliphatic carbocycles. The van der Waals surface area contributed by atoms with Gasteiger partial charge in [-0.15, -0.1) is 0 Å². The largest absolute Gasteiger partial charge is 0.491 e. The van der Waals surface area contributed by atoms with E-state index in [1.807, 2.05) is 27.0 Å². The van der Waals surface area contributed by atoms with E-state index < -0.39 is 0 Å². The van der Waals surface area contributed by atoms with Gasteiger partial charge in [-0.1, -0.05) is 23.4 Å². The number of aryl methyl sites for hydroxylation is 2. The molecule has 0 atom stereocenters. The molecular weight excluding hydrogens is 438 g/mol. The molecule has 0 fully saturated rings. The smallest absolute Gasteiger partial charge is 0.224 e. The summed E-state index contributed by atoms with van der Waals surface area (Å²) >= 11 is 11.0. The summed E-state index contributed by atoms with van der Waals surface area (Å²) in [6.45, 7) is 6.27. The number of benzene rings is 1. The molecular formula is C18H21BrClN3O2S. The minimum atomic E-state index is -0.118. The van der Waals surface area contributed by atoms with E-state index in [1.165, 1.54) is 11.8 Å². The predicted molar refractivity (Wildman–Crippen MR) is 111 cm³/mol. The SMILES string of the molecule is CCOc1c(Br)cc(Cl)cc1NC(=O)CCc1c(C)nc(SC)nc1C. The lowest BCUT2D eigenvalue weighted by Gasteiger charge is -2.14. The number of nitrogens with one attached hydrogen (secondary N) is 1. The van der Waals surface area contributed by atoms with Crippen LogP contribution in [0.2, 0.25) is 5.02 Å². The number of amides is 1. The number of carbonyl (C=O) groups excluding carboxylic acids is 1. The summed E-state index contributed by atoms with van der Waals surface area (Å²) in [7, 11) is 0. The number of ether oxygens (including phenoxy) is 1. The molecule has 2 aromatic rings. The number of hydrogen-bond acceptors (Lipinski definition) is 5. The number of carbonyl (C=O) groups is 1. The lowest BCUT2D eigenvalue weighted by Crippen LogP contribution is -2.15. The Morgan fingerprint density at radius 1 is 1.31 bits per heavy atom. The fourth-order valence-corrected chi connectivity index (χ4v) is 3.94. The van der Waals surface area contributed by atoms with Gasteiger partial charge in [-0.05, 0) is 67.1 Å². The highest BCUT2D eigenvalue weighted by molar-refractivity contribution is 9.10. The van der Waals surface area contributed by atoms with E-state index in [0.29, 0.717) is 40.4 Å². The molecule has 0 saturated heterocycles. The van der Waals surface area contributed by atoms with Gasteiger partial charge in [-0.3, -0.25) is 4.79 Å². The number of aromatic nitrogens is 2. The molecule has 1 aromatic heterocycles. The van der Waals surface area contributed by atoms with Gasteiger partial charge in [0.15, 0.2) is 10.9 Å². The van der Waals surface area contributed by atoms with Crippen LogP contribution in [0, 0.1) is 13.8 Å². The Hall–Kier alpha value is -1.31. The van der Waals surface area contributed by atoms with Gasteiger partial charge in [-0.25, -0.2) is 9.97 Å². The van der Waals surface area contributed by atoms with Crippen LogP contribution < -0.4 is 10.1 Å². The molecule has 0 aliphatic rings. The summed E-state index contributed by atoms with van der Waals surface area (Å²) in [4.78, 5) is 21.3. The van der Waals surface area contributed by atoms with Gasteiger partial charge in [0, 0.05) is 22.8 Å². The zero-order valence-electron chi connectivity index (χ0n) is 15.2. The number of halogens is 2. The van der Waals surface area contributed by atoms with Crippen LogP contribution >= 0.6 is 39.3 Å². The molecule has 0 spiro atoms. The highest BCUT2D eigenvalue weighted by Gasteiger charge is 2.15. The minimum Gasteiger partial charge on any atom is -0.491 e. The third-order valence-electron chi connectivity index (χ3n) is 3.76. The molecule has 0 radical (unpaired) electrons. The van der Waals surface area contributed by atoms with Crippen LogP contribution in [-0.2, 0) is 11.2 Å². The van der Waals surface area contributed by atoms with Crippen molar-refractivity contribution < 1.29 is 9.53 Å². The maximum Gasteiger partial charge on any atom is 0.224 e. The van der Waals surface area contributed by atoms with Crippen molar-refractivity contribution in [3.63, 3.8) is 0 Å². The molecule has 2 rings (SSSR count). The molecule has 0 aliphatic heterocycles. The molecule has 1 heterocycles. The van der Waals surface area contributed by atoms with Crippen molar-refractivity contribution in [2.45, 2.75) is 38.8 Å². The number of thioether (sulfide) groups is 1. The van der Waals surface area contributed by atoms with Gasteiger partial charge < -0.3 is 10.1 Å². The lowest BCUT2D eigenvalue weighted by atomic mass is 10.1. The van der Waals surface area contributed by atoms with Crippen LogP contribution in [0.3, 0.4) is 0 Å². The highest BCUT2D eigenvalue weighted by Crippen LogP contribution is 2.36. The van der Waals surface area contributed by atoms with Gasteiger partial charge >= 0.3 is 0 Å². The summed E-state index contributed by atoms with van der Waals surface area (Å²) in [5, 5.41) is 4.15. The third-order valence-corrected chi connectivity index (χ3v) is 5.11. The first-order chi connectivity index (χ1) is 12.3. The van der Waals surface area contributed by atoms with Gasteiger partial charge in [0.1, 0.15) is 0 Å². The van der Waals surface area contributed by atoms with Gasteiger partial charge in [0.2, 0.25) is 5.91 Å². The fourth-order valence-electron chi connectivity index (χ4n) is 2.56. The standard InChI is InChI=1S/C18H21BrClN3O2S/c1-5-25-17-14(19)8-12(20)9-15(17)23-16(24)7-6-13-10(2)21-18(26-4)22-11(13)3/h8-9H,5-7H2,1-4H3,(H,23,24). The molecule has 0 unspecified atom stereocenters. The van der Waals surface area contributed by atoms with E-state index in [4.69, 9.17) is 16.3 Å². The van der Waals surface area contributed by atoms with E-state index in [-0.39, 0.29) is 5.91 Å². The molecule has 26 heavy (non-hydrogen) atoms. The van der Waals surface area contributed by atoms with Crippen LogP contribution in [-0.4, -0.2) is 28.7 Å². The highest BCUT2D eigenvalue weighted by atomic mass is 79.9. The molecule has 1 N–H and O–H groups in total. The first-order valence-corrected chi connectivity index (χ1v) is 10.5. The summed E-state index contributed by atoms with van der Waals surface area (Å²) in [6, 6.07) is 3.42. The summed E-state index contributed by atoms with van der Waals surface area (Å²) in [6.07, 6.45) is 2.84. The molecule has 8 heteroatoms. The Kier molecular flexibility index (Phi) is 7.73. The monoisotopic (exact) mass is 457 g/mol. The van der Waals surface area contributed by atoms with Crippen LogP contribution in [0.25, 0.3) is 0 Å². The number of hydrogen-bond donors (Lipinski definition) is 1. The fraction of sp³-hybridized carbons (Fsp3) is 0.389. The third kappa shape index (κ3) is 5.34. The zero-order valence-corrected chi connectivity index (χ0v) is 18.3. The molecule has 5 nitrogen and oxygen atoms in total. The van der Waals surface area contributed by atoms with Crippen molar-refractivity contribution >= 4 is 50.9 Å². The summed E-state index contributed by atoms with van der Waals surface area (Å²) < 4.78 is 6.31. The number of anilines is 1. The van der Waals surface area contributed by atoms with Crippen molar-refractivity contribution in [1.29, 1.82) is 0 Å². The predicted octanol–water partition coefficient (Wildman–Crippen LogP) is 5.20. The average molecular weight is 459 g/mol. The van der Waals surface area contributed by atoms with E-state index in [2.05, 4.69) is 31.2 Å². The van der Waals surface area contributed by atoms with Crippen LogP contribution in [0.4, 0.5) is 5.69 Å². The quantitative estimate of drug-likeness (QED) is 0.456. The maximum absolute atomic E-state index is 12.4. The number of nitrogens with zero attached hydrogens (tertiary/aromatic N) is 2. The van der Waals surface area contributed by atoms with Crippen molar-refractivity contribution in [2.75, 3.05) is 18.2 Å². The van der Waals surface area contributed by atoms with E-state index >= 15 is 0 Å². The Bertz CT molecular complexity index is 794. The first-order valence-electron chi connectivity index (χ1n) is 8.15. The average Bonchev–Trinajstić information content (AvgIpc) is 2.56. The van der Waals surface area contributed by atoms with Gasteiger partial charge in [0.25, 0.3) is 0 Å². The Morgan fingerprint density at radius 3 is 2.54 bits per heavy atom. The Morgan fingerprint density at radius 2 is 1.96 bits per heavy atom. The Labute approximate surface area is 171 Å². The van der Waals surface area contributed by atoms with Crippen molar-refractivity contribution in [1.82, 2.24) is 9.97 Å². The summed E-state index contributed by atoms with van der Waals surface area (Å²) in [5.74, 6) is 0.457. The molecule has 140 valence electrons. The van der Waals surface area contributed by atoms with Crippen molar-refractivity contribution in [2.24, 2.45) is 0 Å². The van der Waals surface area contributed by atoms with Gasteiger partial charge in [-0.2, -0.15) is 0 Å². The Balaban J connectivity index is 2.11. The first kappa shape index (κ1) is 21.0. The molecule has 0 bridgehead atoms. The van der Waals surface area contributed by atoms with E-state index in [0.717, 1.165) is 22.1 Å². The normalized spacial score (nSPS) is 10.7. The minimum absolute atomic E-state index is 0.118. The second kappa shape index (κ2) is 9.58. The second-order valence-electron chi connectivity index (χ2n) is 5.61. The van der Waals surface area contributed by atoms with Crippen LogP contribution in [0.1, 0.15) is 30.3 Å². The van der Waals surface area contributed by atoms with E-state index in [9.17, 15) is 4.79 Å². The van der Waals surface area contributed by atoms with Gasteiger partial charge in [0.05, 0.1) is 16.8 Å². The second-order valence-corrected chi connectivity index (χ2v) is 7.67. The van der Waals surface area contributed by atoms with Crippen molar-refractivity contribution in [3.8, 4) is 5.75 Å². The molecule has 0 saturated carbocycles. The molecule has 1 amide bonds. The zero-order chi connectivity index (χ0) is 19.3.